The number of aliphatic carboxylic acids is 1. The summed E-state index contributed by atoms with van der Waals surface area (Å²) in [5, 5.41) is 9.24. The predicted octanol–water partition coefficient (Wildman–Crippen LogP) is 6.12. The van der Waals surface area contributed by atoms with E-state index in [2.05, 4.69) is 0 Å². The number of rotatable bonds is 16. The predicted molar refractivity (Wildman–Crippen MR) is 137 cm³/mol. The zero-order valence-corrected chi connectivity index (χ0v) is 21.8. The van der Waals surface area contributed by atoms with E-state index in [9.17, 15) is 23.5 Å². The van der Waals surface area contributed by atoms with Crippen LogP contribution in [0, 0.1) is 6.92 Å². The molecule has 0 saturated carbocycles. The number of hydrogen-bond donors (Lipinski definition) is 1. The second-order valence-electron chi connectivity index (χ2n) is 8.98. The molecule has 2 aromatic carbocycles. The number of ether oxygens (including phenoxy) is 3. The Kier molecular flexibility index (Phi) is 12.3. The quantitative estimate of drug-likeness (QED) is 0.268. The summed E-state index contributed by atoms with van der Waals surface area (Å²) in [7, 11) is 0. The van der Waals surface area contributed by atoms with Crippen molar-refractivity contribution in [3.05, 3.63) is 59.7 Å². The van der Waals surface area contributed by atoms with Gasteiger partial charge in [0.2, 0.25) is 5.92 Å². The van der Waals surface area contributed by atoms with Crippen LogP contribution in [0.2, 0.25) is 0 Å². The van der Waals surface area contributed by atoms with Gasteiger partial charge in [-0.05, 0) is 62.9 Å². The molecular weight excluding hydrogens is 484 g/mol. The fraction of sp³-hybridized carbons (Fsp3) is 0.500. The van der Waals surface area contributed by atoms with Crippen LogP contribution in [0.5, 0.6) is 11.5 Å². The number of nitrogens with zero attached hydrogens (tertiary/aromatic N) is 1. The normalized spacial score (nSPS) is 12.1. The number of halogens is 2. The molecule has 9 heteroatoms. The summed E-state index contributed by atoms with van der Waals surface area (Å²) in [5.74, 6) is -2.66. The highest BCUT2D eigenvalue weighted by atomic mass is 19.3. The summed E-state index contributed by atoms with van der Waals surface area (Å²) in [5.41, 5.74) is 1.63. The summed E-state index contributed by atoms with van der Waals surface area (Å²) in [6.45, 7) is 5.62. The first-order valence-corrected chi connectivity index (χ1v) is 12.6. The molecule has 1 N–H and O–H groups in total. The summed E-state index contributed by atoms with van der Waals surface area (Å²) < 4.78 is 42.7. The number of aryl methyl sites for hydroxylation is 1. The molecule has 37 heavy (non-hydrogen) atoms. The minimum absolute atomic E-state index is 0.183. The number of carboxylic acids is 1. The Morgan fingerprint density at radius 3 is 2.35 bits per heavy atom. The van der Waals surface area contributed by atoms with Crippen molar-refractivity contribution in [2.24, 2.45) is 0 Å². The Morgan fingerprint density at radius 1 is 1.03 bits per heavy atom. The van der Waals surface area contributed by atoms with Crippen molar-refractivity contribution in [3.8, 4) is 11.5 Å². The van der Waals surface area contributed by atoms with Crippen LogP contribution in [-0.4, -0.2) is 60.4 Å². The number of hydrogen-bond acceptors (Lipinski definition) is 5. The van der Waals surface area contributed by atoms with Gasteiger partial charge in [0.05, 0.1) is 6.54 Å². The highest BCUT2D eigenvalue weighted by Crippen LogP contribution is 2.21. The van der Waals surface area contributed by atoms with Crippen LogP contribution < -0.4 is 9.47 Å². The number of amides is 1. The molecule has 1 atom stereocenters. The second kappa shape index (κ2) is 15.1. The number of carbonyl (C=O) groups excluding carboxylic acids is 1. The number of alkyl halides is 2. The lowest BCUT2D eigenvalue weighted by atomic mass is 10.1. The van der Waals surface area contributed by atoms with E-state index >= 15 is 0 Å². The first-order chi connectivity index (χ1) is 17.6. The van der Waals surface area contributed by atoms with Gasteiger partial charge >= 0.3 is 12.1 Å². The van der Waals surface area contributed by atoms with E-state index in [0.29, 0.717) is 43.9 Å². The van der Waals surface area contributed by atoms with Crippen molar-refractivity contribution in [3.63, 3.8) is 0 Å². The summed E-state index contributed by atoms with van der Waals surface area (Å²) >= 11 is 0. The Hall–Kier alpha value is -3.20. The van der Waals surface area contributed by atoms with E-state index in [-0.39, 0.29) is 26.0 Å². The molecule has 0 heterocycles. The number of carboxylic acid groups (broad SMARTS) is 1. The van der Waals surface area contributed by atoms with Gasteiger partial charge in [0.15, 0.2) is 6.10 Å². The van der Waals surface area contributed by atoms with Crippen LogP contribution in [0.3, 0.4) is 0 Å². The van der Waals surface area contributed by atoms with Crippen LogP contribution in [0.15, 0.2) is 48.5 Å². The van der Waals surface area contributed by atoms with Crippen molar-refractivity contribution in [1.82, 2.24) is 4.90 Å². The van der Waals surface area contributed by atoms with Crippen LogP contribution in [0.25, 0.3) is 0 Å². The monoisotopic (exact) mass is 521 g/mol. The molecule has 0 aliphatic carbocycles. The zero-order chi connectivity index (χ0) is 27.3. The molecule has 1 amide bonds. The van der Waals surface area contributed by atoms with Crippen molar-refractivity contribution in [1.29, 1.82) is 0 Å². The van der Waals surface area contributed by atoms with E-state index in [4.69, 9.17) is 14.2 Å². The Balaban J connectivity index is 1.92. The number of para-hydroxylation sites is 1. The van der Waals surface area contributed by atoms with Crippen molar-refractivity contribution >= 4 is 12.1 Å². The SMILES string of the molecule is CCOC(Cc1ccc(OCCN(CCCCCC(C)(F)F)C(=O)Oc2ccccc2C)cc1)C(=O)O. The lowest BCUT2D eigenvalue weighted by Gasteiger charge is -2.23. The first-order valence-electron chi connectivity index (χ1n) is 12.6. The first kappa shape index (κ1) is 30.0. The van der Waals surface area contributed by atoms with Gasteiger partial charge in [0, 0.05) is 26.0 Å². The molecule has 0 saturated heterocycles. The maximum absolute atomic E-state index is 13.1. The molecule has 7 nitrogen and oxygen atoms in total. The van der Waals surface area contributed by atoms with Crippen LogP contribution >= 0.6 is 0 Å². The molecule has 0 spiro atoms. The molecule has 0 radical (unpaired) electrons. The van der Waals surface area contributed by atoms with Crippen molar-refractivity contribution < 1.29 is 37.7 Å². The van der Waals surface area contributed by atoms with Gasteiger partial charge in [0.1, 0.15) is 18.1 Å². The summed E-state index contributed by atoms with van der Waals surface area (Å²) in [6.07, 6.45) is 0.137. The van der Waals surface area contributed by atoms with Gasteiger partial charge in [0.25, 0.3) is 0 Å². The van der Waals surface area contributed by atoms with Gasteiger partial charge in [-0.1, -0.05) is 36.8 Å². The van der Waals surface area contributed by atoms with E-state index in [1.807, 2.05) is 19.1 Å². The highest BCUT2D eigenvalue weighted by molar-refractivity contribution is 5.72. The molecule has 0 bridgehead atoms. The molecule has 2 rings (SSSR count). The third-order valence-electron chi connectivity index (χ3n) is 5.71. The molecule has 0 aromatic heterocycles. The molecular formula is C28H37F2NO6. The Bertz CT molecular complexity index is 977. The molecule has 1 unspecified atom stereocenters. The van der Waals surface area contributed by atoms with Crippen LogP contribution in [0.1, 0.15) is 50.7 Å². The van der Waals surface area contributed by atoms with Gasteiger partial charge < -0.3 is 24.2 Å². The van der Waals surface area contributed by atoms with Gasteiger partial charge in [-0.2, -0.15) is 0 Å². The lowest BCUT2D eigenvalue weighted by molar-refractivity contribution is -0.149. The molecule has 2 aromatic rings. The minimum Gasteiger partial charge on any atom is -0.492 e. The minimum atomic E-state index is -2.69. The van der Waals surface area contributed by atoms with Crippen LogP contribution in [0.4, 0.5) is 13.6 Å². The summed E-state index contributed by atoms with van der Waals surface area (Å²) in [6, 6.07) is 14.2. The molecule has 0 fully saturated rings. The van der Waals surface area contributed by atoms with E-state index < -0.39 is 24.1 Å². The maximum Gasteiger partial charge on any atom is 0.415 e. The van der Waals surface area contributed by atoms with Crippen molar-refractivity contribution in [2.45, 2.75) is 64.9 Å². The Labute approximate surface area is 217 Å². The smallest absolute Gasteiger partial charge is 0.415 e. The van der Waals surface area contributed by atoms with E-state index in [0.717, 1.165) is 18.1 Å². The number of unbranched alkanes of at least 4 members (excludes halogenated alkanes) is 2. The average Bonchev–Trinajstić information content (AvgIpc) is 2.84. The number of carbonyl (C=O) groups is 2. The van der Waals surface area contributed by atoms with E-state index in [1.165, 1.54) is 4.90 Å². The third kappa shape index (κ3) is 11.6. The standard InChI is InChI=1S/C28H37F2NO6/c1-4-35-25(26(32)33)20-22-12-14-23(15-13-22)36-19-18-31(17-9-5-8-16-28(3,29)30)27(34)37-24-11-7-6-10-21(24)2/h6-7,10-15,25H,4-5,8-9,16-20H2,1-3H3,(H,32,33). The maximum atomic E-state index is 13.1. The van der Waals surface area contributed by atoms with Gasteiger partial charge in [-0.3, -0.25) is 0 Å². The zero-order valence-electron chi connectivity index (χ0n) is 21.8. The topological polar surface area (TPSA) is 85.3 Å². The van der Waals surface area contributed by atoms with E-state index in [1.54, 1.807) is 43.3 Å². The largest absolute Gasteiger partial charge is 0.492 e. The number of benzene rings is 2. The van der Waals surface area contributed by atoms with Crippen LogP contribution in [-0.2, 0) is 16.0 Å². The van der Waals surface area contributed by atoms with Gasteiger partial charge in [-0.15, -0.1) is 0 Å². The molecule has 204 valence electrons. The average molecular weight is 522 g/mol. The molecule has 0 aliphatic rings. The van der Waals surface area contributed by atoms with Crippen molar-refractivity contribution in [2.75, 3.05) is 26.3 Å². The van der Waals surface area contributed by atoms with Gasteiger partial charge in [-0.25, -0.2) is 18.4 Å². The highest BCUT2D eigenvalue weighted by Gasteiger charge is 2.21. The summed E-state index contributed by atoms with van der Waals surface area (Å²) in [4.78, 5) is 25.7. The lowest BCUT2D eigenvalue weighted by Crippen LogP contribution is -2.37. The molecule has 0 aliphatic heterocycles. The second-order valence-corrected chi connectivity index (χ2v) is 8.98. The fourth-order valence-corrected chi connectivity index (χ4v) is 3.67. The fourth-order valence-electron chi connectivity index (χ4n) is 3.67. The third-order valence-corrected chi connectivity index (χ3v) is 5.71. The Morgan fingerprint density at radius 2 is 1.73 bits per heavy atom.